The maximum Gasteiger partial charge on any atom is 0.469 e. The highest BCUT2D eigenvalue weighted by molar-refractivity contribution is 7.46. The van der Waals surface area contributed by atoms with Gasteiger partial charge in [0.1, 0.15) is 6.61 Å². The Balaban J connectivity index is 4.14. The van der Waals surface area contributed by atoms with Crippen LogP contribution in [-0.2, 0) is 28.2 Å². The molecule has 0 radical (unpaired) electrons. The summed E-state index contributed by atoms with van der Waals surface area (Å²) < 4.78 is 26.2. The van der Waals surface area contributed by atoms with Crippen LogP contribution in [-0.4, -0.2) is 52.3 Å². The Morgan fingerprint density at radius 2 is 1.20 bits per heavy atom. The average Bonchev–Trinajstić information content (AvgIpc) is 3.08. The fourth-order valence-electron chi connectivity index (χ4n) is 5.02. The van der Waals surface area contributed by atoms with Gasteiger partial charge in [-0.3, -0.25) is 14.1 Å². The van der Waals surface area contributed by atoms with Crippen molar-refractivity contribution in [3.63, 3.8) is 0 Å². The van der Waals surface area contributed by atoms with E-state index in [0.29, 0.717) is 32.1 Å². The lowest BCUT2D eigenvalue weighted by atomic mass is 10.0. The molecule has 9 nitrogen and oxygen atoms in total. The SMILES string of the molecule is CC/C=C\C/C=C\CC(O)/C=C/C=C\C/C=C\CCCC(=O)O[C@H](COC(=O)CCCCCCCCCCCCCCCC)COP(=O)(O)O. The summed E-state index contributed by atoms with van der Waals surface area (Å²) in [4.78, 5) is 42.7. The Labute approximate surface area is 303 Å². The lowest BCUT2D eigenvalue weighted by Crippen LogP contribution is -2.29. The highest BCUT2D eigenvalue weighted by atomic mass is 31.2. The zero-order chi connectivity index (χ0) is 37.0. The molecule has 0 fully saturated rings. The van der Waals surface area contributed by atoms with E-state index in [1.165, 1.54) is 64.2 Å². The van der Waals surface area contributed by atoms with E-state index in [1.807, 2.05) is 42.5 Å². The number of esters is 2. The summed E-state index contributed by atoms with van der Waals surface area (Å²) in [7, 11) is -4.78. The van der Waals surface area contributed by atoms with Gasteiger partial charge < -0.3 is 24.4 Å². The van der Waals surface area contributed by atoms with Gasteiger partial charge in [0.2, 0.25) is 0 Å². The lowest BCUT2D eigenvalue weighted by molar-refractivity contribution is -0.161. The molecule has 0 rings (SSSR count). The van der Waals surface area contributed by atoms with E-state index in [0.717, 1.165) is 32.1 Å². The molecule has 10 heteroatoms. The summed E-state index contributed by atoms with van der Waals surface area (Å²) in [6.07, 6.45) is 39.8. The van der Waals surface area contributed by atoms with Crippen LogP contribution in [0, 0.1) is 0 Å². The number of phosphoric ester groups is 1. The molecule has 2 atom stereocenters. The molecule has 0 saturated heterocycles. The van der Waals surface area contributed by atoms with Crippen LogP contribution < -0.4 is 0 Å². The number of rotatable bonds is 34. The van der Waals surface area contributed by atoms with E-state index in [1.54, 1.807) is 6.08 Å². The van der Waals surface area contributed by atoms with Crippen molar-refractivity contribution in [3.05, 3.63) is 60.8 Å². The van der Waals surface area contributed by atoms with Crippen LogP contribution in [0.15, 0.2) is 60.8 Å². The van der Waals surface area contributed by atoms with Gasteiger partial charge >= 0.3 is 19.8 Å². The molecule has 0 bridgehead atoms. The summed E-state index contributed by atoms with van der Waals surface area (Å²) in [5.74, 6) is -0.994. The largest absolute Gasteiger partial charge is 0.469 e. The van der Waals surface area contributed by atoms with Crippen LogP contribution in [0.5, 0.6) is 0 Å². The molecular formula is C40H69O9P. The van der Waals surface area contributed by atoms with Gasteiger partial charge in [0.25, 0.3) is 0 Å². The van der Waals surface area contributed by atoms with Crippen molar-refractivity contribution in [1.82, 2.24) is 0 Å². The Hall–Kier alpha value is -2.29. The number of hydrogen-bond donors (Lipinski definition) is 3. The highest BCUT2D eigenvalue weighted by Crippen LogP contribution is 2.36. The average molecular weight is 725 g/mol. The third-order valence-electron chi connectivity index (χ3n) is 7.88. The molecule has 0 saturated carbocycles. The molecule has 0 heterocycles. The van der Waals surface area contributed by atoms with Crippen molar-refractivity contribution in [2.75, 3.05) is 13.2 Å². The minimum absolute atomic E-state index is 0.101. The summed E-state index contributed by atoms with van der Waals surface area (Å²) in [6.45, 7) is 3.44. The van der Waals surface area contributed by atoms with Gasteiger partial charge in [-0.15, -0.1) is 0 Å². The molecule has 0 amide bonds. The number of carbonyl (C=O) groups excluding carboxylic acids is 2. The minimum atomic E-state index is -4.78. The van der Waals surface area contributed by atoms with Gasteiger partial charge in [0.05, 0.1) is 12.7 Å². The highest BCUT2D eigenvalue weighted by Gasteiger charge is 2.22. The standard InChI is InChI=1S/C40H69O9P/c1-3-5-7-9-11-12-13-14-15-16-17-21-25-29-33-39(42)47-35-38(36-48-50(44,45)46)49-40(43)34-30-26-22-19-18-20-24-28-32-37(41)31-27-23-10-8-6-4-2/h6,8,19-20,22-24,27-28,32,37-38,41H,3-5,7,9-18,21,25-26,29-31,33-36H2,1-2H3,(H2,44,45,46)/b8-6-,22-19-,24-20-,27-23-,32-28+/t37?,38-/m1/s1. The van der Waals surface area contributed by atoms with Crippen molar-refractivity contribution in [1.29, 1.82) is 0 Å². The Kier molecular flexibility index (Phi) is 33.5. The predicted octanol–water partition coefficient (Wildman–Crippen LogP) is 10.3. The molecule has 1 unspecified atom stereocenters. The van der Waals surface area contributed by atoms with Crippen LogP contribution >= 0.6 is 7.82 Å². The molecule has 0 aliphatic rings. The van der Waals surface area contributed by atoms with Crippen LogP contribution in [0.1, 0.15) is 155 Å². The molecule has 50 heavy (non-hydrogen) atoms. The topological polar surface area (TPSA) is 140 Å². The van der Waals surface area contributed by atoms with Gasteiger partial charge in [-0.05, 0) is 44.9 Å². The normalized spacial score (nSPS) is 13.8. The summed E-state index contributed by atoms with van der Waals surface area (Å²) in [5, 5.41) is 9.97. The monoisotopic (exact) mass is 724 g/mol. The predicted molar refractivity (Wildman–Crippen MR) is 203 cm³/mol. The first-order valence-corrected chi connectivity index (χ1v) is 20.7. The lowest BCUT2D eigenvalue weighted by Gasteiger charge is -2.18. The minimum Gasteiger partial charge on any atom is -0.462 e. The quantitative estimate of drug-likeness (QED) is 0.0194. The Bertz CT molecular complexity index is 1010. The van der Waals surface area contributed by atoms with Crippen LogP contribution in [0.3, 0.4) is 0 Å². The second kappa shape index (κ2) is 35.1. The van der Waals surface area contributed by atoms with Crippen LogP contribution in [0.4, 0.5) is 0 Å². The summed E-state index contributed by atoms with van der Waals surface area (Å²) in [6, 6.07) is 0. The number of phosphoric acid groups is 1. The van der Waals surface area contributed by atoms with Crippen molar-refractivity contribution in [2.45, 2.75) is 167 Å². The number of allylic oxidation sites excluding steroid dienone is 8. The molecule has 0 aliphatic carbocycles. The molecule has 0 aromatic rings. The first-order valence-electron chi connectivity index (χ1n) is 19.2. The Morgan fingerprint density at radius 3 is 1.82 bits per heavy atom. The molecule has 0 spiro atoms. The molecule has 0 aromatic heterocycles. The smallest absolute Gasteiger partial charge is 0.462 e. The molecular weight excluding hydrogens is 655 g/mol. The van der Waals surface area contributed by atoms with E-state index >= 15 is 0 Å². The van der Waals surface area contributed by atoms with Crippen molar-refractivity contribution >= 4 is 19.8 Å². The van der Waals surface area contributed by atoms with E-state index in [2.05, 4.69) is 30.5 Å². The van der Waals surface area contributed by atoms with Crippen LogP contribution in [0.25, 0.3) is 0 Å². The maximum absolute atomic E-state index is 12.3. The Morgan fingerprint density at radius 1 is 0.640 bits per heavy atom. The van der Waals surface area contributed by atoms with Gasteiger partial charge in [-0.1, -0.05) is 158 Å². The first-order chi connectivity index (χ1) is 24.2. The van der Waals surface area contributed by atoms with Gasteiger partial charge in [-0.2, -0.15) is 0 Å². The molecule has 0 aliphatic heterocycles. The number of aliphatic hydroxyl groups excluding tert-OH is 1. The number of carbonyl (C=O) groups is 2. The zero-order valence-corrected chi connectivity index (χ0v) is 32.0. The van der Waals surface area contributed by atoms with Crippen molar-refractivity contribution < 1.29 is 43.0 Å². The molecule has 0 aromatic carbocycles. The van der Waals surface area contributed by atoms with E-state index < -0.39 is 38.6 Å². The number of aliphatic hydroxyl groups is 1. The number of ether oxygens (including phenoxy) is 2. The fourth-order valence-corrected chi connectivity index (χ4v) is 5.38. The maximum atomic E-state index is 12.3. The second-order valence-corrected chi connectivity index (χ2v) is 14.0. The summed E-state index contributed by atoms with van der Waals surface area (Å²) >= 11 is 0. The summed E-state index contributed by atoms with van der Waals surface area (Å²) in [5.41, 5.74) is 0. The van der Waals surface area contributed by atoms with Crippen molar-refractivity contribution in [3.8, 4) is 0 Å². The van der Waals surface area contributed by atoms with Gasteiger partial charge in [-0.25, -0.2) is 4.57 Å². The third kappa shape index (κ3) is 37.0. The van der Waals surface area contributed by atoms with Gasteiger partial charge in [0, 0.05) is 12.8 Å². The van der Waals surface area contributed by atoms with Crippen LogP contribution in [0.2, 0.25) is 0 Å². The molecule has 3 N–H and O–H groups in total. The molecule has 288 valence electrons. The number of unbranched alkanes of at least 4 members (excludes halogenated alkanes) is 14. The van der Waals surface area contributed by atoms with E-state index in [-0.39, 0.29) is 19.4 Å². The van der Waals surface area contributed by atoms with Gasteiger partial charge in [0.15, 0.2) is 6.10 Å². The number of hydrogen-bond acceptors (Lipinski definition) is 7. The zero-order valence-electron chi connectivity index (χ0n) is 31.1. The fraction of sp³-hybridized carbons (Fsp3) is 0.700. The van der Waals surface area contributed by atoms with E-state index in [4.69, 9.17) is 19.3 Å². The third-order valence-corrected chi connectivity index (χ3v) is 8.37. The van der Waals surface area contributed by atoms with Crippen molar-refractivity contribution in [2.24, 2.45) is 0 Å². The van der Waals surface area contributed by atoms with E-state index in [9.17, 15) is 19.3 Å². The second-order valence-electron chi connectivity index (χ2n) is 12.7. The first kappa shape index (κ1) is 47.7.